The predicted octanol–water partition coefficient (Wildman–Crippen LogP) is 2.48. The van der Waals surface area contributed by atoms with Crippen molar-refractivity contribution in [1.29, 1.82) is 0 Å². The summed E-state index contributed by atoms with van der Waals surface area (Å²) in [5.41, 5.74) is 5.88. The standard InChI is InChI=1S/C12H17FN2O2S/c13-9-6-10(14)8-11(7-9)15-18(16,17)12-4-2-1-3-5-12/h6-8,12,15H,1-5,14H2. The van der Waals surface area contributed by atoms with Gasteiger partial charge in [-0.25, -0.2) is 12.8 Å². The lowest BCUT2D eigenvalue weighted by molar-refractivity contribution is 0.486. The number of anilines is 2. The Morgan fingerprint density at radius 3 is 2.44 bits per heavy atom. The van der Waals surface area contributed by atoms with E-state index < -0.39 is 15.8 Å². The molecular formula is C12H17FN2O2S. The monoisotopic (exact) mass is 272 g/mol. The summed E-state index contributed by atoms with van der Waals surface area (Å²) in [6.07, 6.45) is 4.27. The van der Waals surface area contributed by atoms with Gasteiger partial charge in [-0.3, -0.25) is 4.72 Å². The second-order valence-corrected chi connectivity index (χ2v) is 6.64. The van der Waals surface area contributed by atoms with Crippen molar-refractivity contribution in [2.45, 2.75) is 37.4 Å². The zero-order valence-electron chi connectivity index (χ0n) is 10.0. The summed E-state index contributed by atoms with van der Waals surface area (Å²) in [7, 11) is -3.44. The second-order valence-electron chi connectivity index (χ2n) is 4.68. The van der Waals surface area contributed by atoms with E-state index in [0.29, 0.717) is 12.8 Å². The third-order valence-electron chi connectivity index (χ3n) is 3.17. The molecular weight excluding hydrogens is 255 g/mol. The van der Waals surface area contributed by atoms with E-state index in [4.69, 9.17) is 5.73 Å². The Hall–Kier alpha value is -1.30. The third-order valence-corrected chi connectivity index (χ3v) is 5.04. The molecule has 1 aliphatic rings. The number of nitrogens with two attached hydrogens (primary N) is 1. The van der Waals surface area contributed by atoms with Crippen LogP contribution in [-0.2, 0) is 10.0 Å². The van der Waals surface area contributed by atoms with Crippen molar-refractivity contribution < 1.29 is 12.8 Å². The Bertz CT molecular complexity index is 505. The molecule has 1 aromatic rings. The molecule has 0 spiro atoms. The van der Waals surface area contributed by atoms with Gasteiger partial charge < -0.3 is 5.73 Å². The Kier molecular flexibility index (Phi) is 3.75. The first-order chi connectivity index (χ1) is 8.47. The van der Waals surface area contributed by atoms with Gasteiger partial charge in [0, 0.05) is 5.69 Å². The van der Waals surface area contributed by atoms with E-state index in [1.54, 1.807) is 0 Å². The highest BCUT2D eigenvalue weighted by molar-refractivity contribution is 7.93. The van der Waals surface area contributed by atoms with E-state index in [9.17, 15) is 12.8 Å². The van der Waals surface area contributed by atoms with Crippen molar-refractivity contribution in [2.75, 3.05) is 10.5 Å². The Morgan fingerprint density at radius 2 is 1.83 bits per heavy atom. The summed E-state index contributed by atoms with van der Waals surface area (Å²) in [6.45, 7) is 0. The lowest BCUT2D eigenvalue weighted by Gasteiger charge is -2.22. The first-order valence-corrected chi connectivity index (χ1v) is 7.60. The minimum Gasteiger partial charge on any atom is -0.399 e. The molecule has 6 heteroatoms. The normalized spacial score (nSPS) is 17.6. The van der Waals surface area contributed by atoms with Crippen LogP contribution >= 0.6 is 0 Å². The van der Waals surface area contributed by atoms with Crippen LogP contribution in [0.4, 0.5) is 15.8 Å². The van der Waals surface area contributed by atoms with E-state index in [1.807, 2.05) is 0 Å². The summed E-state index contributed by atoms with van der Waals surface area (Å²) in [5.74, 6) is -0.545. The zero-order valence-corrected chi connectivity index (χ0v) is 10.8. The van der Waals surface area contributed by atoms with Crippen LogP contribution in [-0.4, -0.2) is 13.7 Å². The van der Waals surface area contributed by atoms with Crippen LogP contribution < -0.4 is 10.5 Å². The van der Waals surface area contributed by atoms with Crippen LogP contribution in [0.25, 0.3) is 0 Å². The maximum Gasteiger partial charge on any atom is 0.235 e. The van der Waals surface area contributed by atoms with Crippen LogP contribution in [0.3, 0.4) is 0 Å². The van der Waals surface area contributed by atoms with Crippen LogP contribution in [0.15, 0.2) is 18.2 Å². The number of rotatable bonds is 3. The molecule has 0 bridgehead atoms. The van der Waals surface area contributed by atoms with Crippen molar-refractivity contribution in [3.8, 4) is 0 Å². The van der Waals surface area contributed by atoms with E-state index in [2.05, 4.69) is 4.72 Å². The lowest BCUT2D eigenvalue weighted by atomic mass is 10.0. The lowest BCUT2D eigenvalue weighted by Crippen LogP contribution is -2.29. The topological polar surface area (TPSA) is 72.2 Å². The minimum absolute atomic E-state index is 0.193. The number of sulfonamides is 1. The van der Waals surface area contributed by atoms with Crippen molar-refractivity contribution in [2.24, 2.45) is 0 Å². The number of nitrogens with one attached hydrogen (secondary N) is 1. The second kappa shape index (κ2) is 5.14. The molecule has 1 aromatic carbocycles. The van der Waals surface area contributed by atoms with Gasteiger partial charge in [-0.2, -0.15) is 0 Å². The molecule has 1 saturated carbocycles. The summed E-state index contributed by atoms with van der Waals surface area (Å²) < 4.78 is 39.8. The van der Waals surface area contributed by atoms with E-state index in [1.165, 1.54) is 6.07 Å². The molecule has 18 heavy (non-hydrogen) atoms. The van der Waals surface area contributed by atoms with E-state index >= 15 is 0 Å². The molecule has 0 radical (unpaired) electrons. The molecule has 0 heterocycles. The molecule has 0 saturated heterocycles. The predicted molar refractivity (Wildman–Crippen MR) is 70.2 cm³/mol. The van der Waals surface area contributed by atoms with Gasteiger partial charge in [-0.05, 0) is 31.0 Å². The number of hydrogen-bond acceptors (Lipinski definition) is 3. The first kappa shape index (κ1) is 13.1. The minimum atomic E-state index is -3.44. The van der Waals surface area contributed by atoms with Crippen molar-refractivity contribution in [3.63, 3.8) is 0 Å². The van der Waals surface area contributed by atoms with E-state index in [0.717, 1.165) is 31.4 Å². The van der Waals surface area contributed by atoms with Crippen molar-refractivity contribution >= 4 is 21.4 Å². The van der Waals surface area contributed by atoms with Gasteiger partial charge in [0.2, 0.25) is 10.0 Å². The average molecular weight is 272 g/mol. The molecule has 0 amide bonds. The highest BCUT2D eigenvalue weighted by Gasteiger charge is 2.27. The van der Waals surface area contributed by atoms with E-state index in [-0.39, 0.29) is 16.6 Å². The molecule has 100 valence electrons. The summed E-state index contributed by atoms with van der Waals surface area (Å²) in [6, 6.07) is 3.71. The first-order valence-electron chi connectivity index (χ1n) is 6.05. The Morgan fingerprint density at radius 1 is 1.17 bits per heavy atom. The van der Waals surface area contributed by atoms with Crippen LogP contribution in [0, 0.1) is 5.82 Å². The number of benzene rings is 1. The quantitative estimate of drug-likeness (QED) is 0.830. The third kappa shape index (κ3) is 3.13. The number of halogens is 1. The fraction of sp³-hybridized carbons (Fsp3) is 0.500. The van der Waals surface area contributed by atoms with Crippen LogP contribution in [0.2, 0.25) is 0 Å². The van der Waals surface area contributed by atoms with Crippen molar-refractivity contribution in [1.82, 2.24) is 0 Å². The summed E-state index contributed by atoms with van der Waals surface area (Å²) in [4.78, 5) is 0. The molecule has 1 fully saturated rings. The van der Waals surface area contributed by atoms with Gasteiger partial charge in [0.05, 0.1) is 10.9 Å². The molecule has 1 aliphatic carbocycles. The molecule has 0 aliphatic heterocycles. The Labute approximate surface area is 106 Å². The fourth-order valence-corrected chi connectivity index (χ4v) is 3.86. The van der Waals surface area contributed by atoms with Crippen molar-refractivity contribution in [3.05, 3.63) is 24.0 Å². The maximum atomic E-state index is 13.1. The van der Waals surface area contributed by atoms with Gasteiger partial charge in [-0.15, -0.1) is 0 Å². The maximum absolute atomic E-state index is 13.1. The largest absolute Gasteiger partial charge is 0.399 e. The van der Waals surface area contributed by atoms with Gasteiger partial charge in [0.1, 0.15) is 5.82 Å². The number of nitrogen functional groups attached to an aromatic ring is 1. The molecule has 0 unspecified atom stereocenters. The van der Waals surface area contributed by atoms with Gasteiger partial charge in [0.15, 0.2) is 0 Å². The Balaban J connectivity index is 2.16. The highest BCUT2D eigenvalue weighted by atomic mass is 32.2. The summed E-state index contributed by atoms with van der Waals surface area (Å²) in [5, 5.41) is -0.379. The average Bonchev–Trinajstić information content (AvgIpc) is 2.28. The fourth-order valence-electron chi connectivity index (χ4n) is 2.29. The zero-order chi connectivity index (χ0) is 13.2. The molecule has 3 N–H and O–H groups in total. The molecule has 2 rings (SSSR count). The van der Waals surface area contributed by atoms with Gasteiger partial charge in [0.25, 0.3) is 0 Å². The van der Waals surface area contributed by atoms with Crippen LogP contribution in [0.1, 0.15) is 32.1 Å². The smallest absolute Gasteiger partial charge is 0.235 e. The highest BCUT2D eigenvalue weighted by Crippen LogP contribution is 2.26. The number of hydrogen-bond donors (Lipinski definition) is 2. The van der Waals surface area contributed by atoms with Crippen LogP contribution in [0.5, 0.6) is 0 Å². The van der Waals surface area contributed by atoms with Gasteiger partial charge in [-0.1, -0.05) is 19.3 Å². The molecule has 0 atom stereocenters. The summed E-state index contributed by atoms with van der Waals surface area (Å²) >= 11 is 0. The SMILES string of the molecule is Nc1cc(F)cc(NS(=O)(=O)C2CCCCC2)c1. The molecule has 4 nitrogen and oxygen atoms in total. The van der Waals surface area contributed by atoms with Gasteiger partial charge >= 0.3 is 0 Å². The molecule has 0 aromatic heterocycles.